The molecule has 0 aromatic heterocycles. The van der Waals surface area contributed by atoms with Crippen molar-refractivity contribution in [1.29, 1.82) is 0 Å². The van der Waals surface area contributed by atoms with Crippen LogP contribution in [0.25, 0.3) is 0 Å². The second kappa shape index (κ2) is 5.72. The second-order valence-electron chi connectivity index (χ2n) is 6.17. The molecule has 3 atom stereocenters. The van der Waals surface area contributed by atoms with Gasteiger partial charge in [0.15, 0.2) is 9.84 Å². The second-order valence-corrected chi connectivity index (χ2v) is 8.24. The topological polar surface area (TPSA) is 91.7 Å². The normalized spacial score (nSPS) is 26.1. The molecule has 3 rings (SSSR count). The number of sulfone groups is 1. The van der Waals surface area contributed by atoms with Crippen molar-refractivity contribution in [3.8, 4) is 0 Å². The van der Waals surface area contributed by atoms with E-state index >= 15 is 0 Å². The van der Waals surface area contributed by atoms with Gasteiger partial charge in [0.05, 0.1) is 16.8 Å². The van der Waals surface area contributed by atoms with E-state index in [1.807, 2.05) is 19.1 Å². The summed E-state index contributed by atoms with van der Waals surface area (Å²) in [4.78, 5) is 11.9. The maximum atomic E-state index is 12.9. The minimum Gasteiger partial charge on any atom is -0.481 e. The molecule has 0 spiro atoms. The van der Waals surface area contributed by atoms with E-state index in [9.17, 15) is 23.4 Å². The highest BCUT2D eigenvalue weighted by Crippen LogP contribution is 2.64. The monoisotopic (exact) mass is 346 g/mol. The lowest BCUT2D eigenvalue weighted by Crippen LogP contribution is -2.27. The van der Waals surface area contributed by atoms with Crippen molar-refractivity contribution >= 4 is 15.8 Å². The maximum absolute atomic E-state index is 12.9. The molecule has 1 fully saturated rings. The van der Waals surface area contributed by atoms with Crippen molar-refractivity contribution in [2.45, 2.75) is 23.0 Å². The molecule has 0 amide bonds. The van der Waals surface area contributed by atoms with E-state index in [0.717, 1.165) is 5.56 Å². The third kappa shape index (κ3) is 2.34. The lowest BCUT2D eigenvalue weighted by atomic mass is 9.99. The first-order valence-electron chi connectivity index (χ1n) is 7.55. The van der Waals surface area contributed by atoms with Crippen molar-refractivity contribution in [2.75, 3.05) is 6.61 Å². The molecule has 5 nitrogen and oxygen atoms in total. The highest BCUT2D eigenvalue weighted by Gasteiger charge is 2.75. The predicted molar refractivity (Wildman–Crippen MR) is 88.5 cm³/mol. The zero-order valence-electron chi connectivity index (χ0n) is 13.1. The van der Waals surface area contributed by atoms with Gasteiger partial charge in [-0.2, -0.15) is 0 Å². The number of aliphatic hydroxyl groups excluding tert-OH is 1. The minimum absolute atomic E-state index is 0.0729. The van der Waals surface area contributed by atoms with Gasteiger partial charge in [-0.1, -0.05) is 48.0 Å². The van der Waals surface area contributed by atoms with Crippen molar-refractivity contribution in [3.63, 3.8) is 0 Å². The molecule has 0 bridgehead atoms. The van der Waals surface area contributed by atoms with E-state index in [4.69, 9.17) is 0 Å². The molecule has 0 heterocycles. The van der Waals surface area contributed by atoms with Gasteiger partial charge in [-0.3, -0.25) is 4.79 Å². The Kier molecular flexibility index (Phi) is 3.97. The van der Waals surface area contributed by atoms with Crippen LogP contribution in [0.4, 0.5) is 0 Å². The standard InChI is InChI=1S/C18H18O5S/c1-12-7-9-13(10-8-12)15-16(18(15,11-19)17(20)21)24(22,23)14-5-3-2-4-6-14/h2-10,15-16,19H,11H2,1H3,(H,20,21)/t15-,16+,18+/m1/s1. The van der Waals surface area contributed by atoms with Gasteiger partial charge in [0.25, 0.3) is 0 Å². The summed E-state index contributed by atoms with van der Waals surface area (Å²) in [6.45, 7) is 1.17. The van der Waals surface area contributed by atoms with Crippen LogP contribution < -0.4 is 0 Å². The molecule has 0 saturated heterocycles. The summed E-state index contributed by atoms with van der Waals surface area (Å²) >= 11 is 0. The molecule has 0 unspecified atom stereocenters. The van der Waals surface area contributed by atoms with Crippen LogP contribution in [0.3, 0.4) is 0 Å². The molecule has 1 aliphatic rings. The van der Waals surface area contributed by atoms with Crippen molar-refractivity contribution < 1.29 is 23.4 Å². The van der Waals surface area contributed by atoms with E-state index < -0.39 is 39.0 Å². The number of carbonyl (C=O) groups is 1. The molecule has 126 valence electrons. The summed E-state index contributed by atoms with van der Waals surface area (Å²) in [5.41, 5.74) is -0.0995. The third-order valence-corrected chi connectivity index (χ3v) is 7.05. The van der Waals surface area contributed by atoms with Gasteiger partial charge in [0.2, 0.25) is 0 Å². The number of aryl methyl sites for hydroxylation is 1. The summed E-state index contributed by atoms with van der Waals surface area (Å²) in [7, 11) is -3.88. The molecule has 6 heteroatoms. The fourth-order valence-electron chi connectivity index (χ4n) is 3.37. The number of hydrogen-bond acceptors (Lipinski definition) is 4. The zero-order valence-corrected chi connectivity index (χ0v) is 13.9. The fourth-order valence-corrected chi connectivity index (χ4v) is 5.76. The average molecular weight is 346 g/mol. The van der Waals surface area contributed by atoms with Crippen LogP contribution in [0.1, 0.15) is 17.0 Å². The van der Waals surface area contributed by atoms with Crippen LogP contribution in [-0.4, -0.2) is 36.5 Å². The lowest BCUT2D eigenvalue weighted by molar-refractivity contribution is -0.145. The summed E-state index contributed by atoms with van der Waals surface area (Å²) in [6.07, 6.45) is 0. The van der Waals surface area contributed by atoms with Gasteiger partial charge in [-0.25, -0.2) is 8.42 Å². The van der Waals surface area contributed by atoms with E-state index in [1.54, 1.807) is 30.3 Å². The molecule has 24 heavy (non-hydrogen) atoms. The SMILES string of the molecule is Cc1ccc([C@@H]2[C@H](S(=O)(=O)c3ccccc3)[C@@]2(CO)C(=O)O)cc1. The summed E-state index contributed by atoms with van der Waals surface area (Å²) in [5.74, 6) is -2.06. The van der Waals surface area contributed by atoms with Gasteiger partial charge in [-0.15, -0.1) is 0 Å². The largest absolute Gasteiger partial charge is 0.481 e. The quantitative estimate of drug-likeness (QED) is 0.864. The van der Waals surface area contributed by atoms with E-state index in [1.165, 1.54) is 12.1 Å². The smallest absolute Gasteiger partial charge is 0.314 e. The van der Waals surface area contributed by atoms with Gasteiger partial charge in [0.1, 0.15) is 5.41 Å². The van der Waals surface area contributed by atoms with E-state index in [2.05, 4.69) is 0 Å². The molecule has 2 N–H and O–H groups in total. The van der Waals surface area contributed by atoms with Crippen LogP contribution >= 0.6 is 0 Å². The van der Waals surface area contributed by atoms with Crippen LogP contribution in [0.2, 0.25) is 0 Å². The van der Waals surface area contributed by atoms with Crippen molar-refractivity contribution in [1.82, 2.24) is 0 Å². The number of rotatable bonds is 5. The number of aliphatic carboxylic acids is 1. The predicted octanol–water partition coefficient (Wildman–Crippen LogP) is 2.00. The van der Waals surface area contributed by atoms with Crippen LogP contribution in [0.15, 0.2) is 59.5 Å². The van der Waals surface area contributed by atoms with Crippen LogP contribution in [0, 0.1) is 12.3 Å². The van der Waals surface area contributed by atoms with Crippen LogP contribution in [-0.2, 0) is 14.6 Å². The zero-order chi connectivity index (χ0) is 17.5. The molecular weight excluding hydrogens is 328 g/mol. The number of aliphatic hydroxyl groups is 1. The van der Waals surface area contributed by atoms with Gasteiger partial charge in [-0.05, 0) is 24.6 Å². The number of benzene rings is 2. The number of hydrogen-bond donors (Lipinski definition) is 2. The Labute approximate surface area is 140 Å². The molecule has 0 aliphatic heterocycles. The summed E-state index contributed by atoms with van der Waals surface area (Å²) in [5, 5.41) is 18.2. The molecule has 2 aromatic carbocycles. The highest BCUT2D eigenvalue weighted by molar-refractivity contribution is 7.92. The molecule has 0 radical (unpaired) electrons. The van der Waals surface area contributed by atoms with Gasteiger partial charge in [0, 0.05) is 5.92 Å². The average Bonchev–Trinajstić information content (AvgIpc) is 3.28. The molecule has 1 saturated carbocycles. The Morgan fingerprint density at radius 3 is 2.17 bits per heavy atom. The Hall–Kier alpha value is -2.18. The van der Waals surface area contributed by atoms with Crippen molar-refractivity contribution in [3.05, 3.63) is 65.7 Å². The van der Waals surface area contributed by atoms with E-state index in [-0.39, 0.29) is 4.90 Å². The first kappa shape index (κ1) is 16.7. The van der Waals surface area contributed by atoms with Crippen molar-refractivity contribution in [2.24, 2.45) is 5.41 Å². The Balaban J connectivity index is 2.11. The first-order chi connectivity index (χ1) is 11.4. The number of carboxylic acids is 1. The lowest BCUT2D eigenvalue weighted by Gasteiger charge is -2.09. The Bertz CT molecular complexity index is 858. The summed E-state index contributed by atoms with van der Waals surface area (Å²) in [6, 6.07) is 14.9. The minimum atomic E-state index is -3.88. The Morgan fingerprint density at radius 2 is 1.67 bits per heavy atom. The maximum Gasteiger partial charge on any atom is 0.314 e. The highest BCUT2D eigenvalue weighted by atomic mass is 32.2. The van der Waals surface area contributed by atoms with E-state index in [0.29, 0.717) is 5.56 Å². The number of carboxylic acid groups (broad SMARTS) is 1. The third-order valence-electron chi connectivity index (χ3n) is 4.76. The Morgan fingerprint density at radius 1 is 1.08 bits per heavy atom. The summed E-state index contributed by atoms with van der Waals surface area (Å²) < 4.78 is 25.9. The molecular formula is C18H18O5S. The molecule has 1 aliphatic carbocycles. The van der Waals surface area contributed by atoms with Gasteiger partial charge < -0.3 is 10.2 Å². The fraction of sp³-hybridized carbons (Fsp3) is 0.278. The first-order valence-corrected chi connectivity index (χ1v) is 9.10. The van der Waals surface area contributed by atoms with Crippen LogP contribution in [0.5, 0.6) is 0 Å². The van der Waals surface area contributed by atoms with Gasteiger partial charge >= 0.3 is 5.97 Å². The molecule has 2 aromatic rings.